The Labute approximate surface area is 105 Å². The molecule has 3 nitrogen and oxygen atoms in total. The molecule has 0 bridgehead atoms. The molecule has 0 unspecified atom stereocenters. The third-order valence-electron chi connectivity index (χ3n) is 3.83. The Balaban J connectivity index is 2.45. The summed E-state index contributed by atoms with van der Waals surface area (Å²) in [6.07, 6.45) is 1.12. The molecule has 3 rings (SSSR count). The summed E-state index contributed by atoms with van der Waals surface area (Å²) >= 11 is 0. The van der Waals surface area contributed by atoms with E-state index in [0.717, 1.165) is 28.7 Å². The molecule has 2 heterocycles. The Kier molecular flexibility index (Phi) is 2.27. The number of rotatable bonds is 0. The van der Waals surface area contributed by atoms with E-state index in [9.17, 15) is 4.79 Å². The van der Waals surface area contributed by atoms with E-state index in [4.69, 9.17) is 9.15 Å². The quantitative estimate of drug-likeness (QED) is 0.669. The molecular formula is C15H16O3. The Morgan fingerprint density at radius 2 is 1.89 bits per heavy atom. The summed E-state index contributed by atoms with van der Waals surface area (Å²) in [6.45, 7) is 7.79. The van der Waals surface area contributed by atoms with Crippen molar-refractivity contribution in [1.29, 1.82) is 0 Å². The fraction of sp³-hybridized carbons (Fsp3) is 0.400. The van der Waals surface area contributed by atoms with Crippen molar-refractivity contribution in [2.75, 3.05) is 0 Å². The van der Waals surface area contributed by atoms with Gasteiger partial charge in [-0.2, -0.15) is 0 Å². The van der Waals surface area contributed by atoms with Gasteiger partial charge in [0.15, 0.2) is 0 Å². The Hall–Kier alpha value is -1.77. The van der Waals surface area contributed by atoms with Crippen LogP contribution in [0.25, 0.3) is 11.0 Å². The van der Waals surface area contributed by atoms with Crippen LogP contribution in [0.1, 0.15) is 29.2 Å². The van der Waals surface area contributed by atoms with Crippen molar-refractivity contribution in [1.82, 2.24) is 0 Å². The SMILES string of the molecule is Cc1c(C)c2cc3c(c(C)c2oc1=O)O[C@@H](C)C3. The maximum absolute atomic E-state index is 11.8. The van der Waals surface area contributed by atoms with Gasteiger partial charge < -0.3 is 9.15 Å². The molecule has 0 radical (unpaired) electrons. The predicted octanol–water partition coefficient (Wildman–Crippen LogP) is 3.04. The van der Waals surface area contributed by atoms with Crippen molar-refractivity contribution in [3.05, 3.63) is 38.7 Å². The molecule has 3 heteroatoms. The highest BCUT2D eigenvalue weighted by Gasteiger charge is 2.24. The first-order valence-electron chi connectivity index (χ1n) is 6.22. The molecule has 1 aromatic heterocycles. The van der Waals surface area contributed by atoms with Crippen molar-refractivity contribution in [3.63, 3.8) is 0 Å². The fourth-order valence-corrected chi connectivity index (χ4v) is 2.65. The zero-order valence-corrected chi connectivity index (χ0v) is 11.1. The van der Waals surface area contributed by atoms with E-state index in [0.29, 0.717) is 11.1 Å². The molecule has 94 valence electrons. The first kappa shape index (κ1) is 11.3. The van der Waals surface area contributed by atoms with Gasteiger partial charge in [-0.25, -0.2) is 4.79 Å². The monoisotopic (exact) mass is 244 g/mol. The van der Waals surface area contributed by atoms with E-state index in [2.05, 4.69) is 13.0 Å². The van der Waals surface area contributed by atoms with E-state index in [-0.39, 0.29) is 11.7 Å². The summed E-state index contributed by atoms with van der Waals surface area (Å²) < 4.78 is 11.2. The predicted molar refractivity (Wildman–Crippen MR) is 70.5 cm³/mol. The second kappa shape index (κ2) is 3.61. The van der Waals surface area contributed by atoms with Crippen LogP contribution in [0.3, 0.4) is 0 Å². The van der Waals surface area contributed by atoms with E-state index < -0.39 is 0 Å². The van der Waals surface area contributed by atoms with Gasteiger partial charge in [-0.05, 0) is 44.9 Å². The molecule has 18 heavy (non-hydrogen) atoms. The number of hydrogen-bond acceptors (Lipinski definition) is 3. The molecule has 0 amide bonds. The van der Waals surface area contributed by atoms with Crippen molar-refractivity contribution < 1.29 is 9.15 Å². The van der Waals surface area contributed by atoms with E-state index in [1.54, 1.807) is 0 Å². The second-order valence-corrected chi connectivity index (χ2v) is 5.14. The molecule has 0 fully saturated rings. The van der Waals surface area contributed by atoms with Gasteiger partial charge in [-0.3, -0.25) is 0 Å². The molecule has 1 aliphatic heterocycles. The van der Waals surface area contributed by atoms with Crippen molar-refractivity contribution >= 4 is 11.0 Å². The Morgan fingerprint density at radius 3 is 2.61 bits per heavy atom. The molecule has 1 aliphatic rings. The molecule has 0 saturated carbocycles. The molecule has 0 spiro atoms. The average Bonchev–Trinajstić information content (AvgIpc) is 2.70. The maximum atomic E-state index is 11.8. The molecule has 1 atom stereocenters. The second-order valence-electron chi connectivity index (χ2n) is 5.14. The average molecular weight is 244 g/mol. The molecular weight excluding hydrogens is 228 g/mol. The highest BCUT2D eigenvalue weighted by Crippen LogP contribution is 2.38. The molecule has 0 aliphatic carbocycles. The molecule has 0 N–H and O–H groups in total. The lowest BCUT2D eigenvalue weighted by Gasteiger charge is -2.10. The van der Waals surface area contributed by atoms with Crippen LogP contribution in [-0.2, 0) is 6.42 Å². The van der Waals surface area contributed by atoms with Crippen LogP contribution < -0.4 is 10.4 Å². The minimum atomic E-state index is -0.255. The van der Waals surface area contributed by atoms with Gasteiger partial charge in [0, 0.05) is 22.9 Å². The summed E-state index contributed by atoms with van der Waals surface area (Å²) in [5.41, 5.74) is 4.25. The number of ether oxygens (including phenoxy) is 1. The summed E-state index contributed by atoms with van der Waals surface area (Å²) in [5, 5.41) is 1.03. The van der Waals surface area contributed by atoms with E-state index in [1.807, 2.05) is 20.8 Å². The van der Waals surface area contributed by atoms with Crippen LogP contribution >= 0.6 is 0 Å². The van der Waals surface area contributed by atoms with Gasteiger partial charge in [-0.15, -0.1) is 0 Å². The van der Waals surface area contributed by atoms with Crippen molar-refractivity contribution in [2.45, 2.75) is 40.2 Å². The van der Waals surface area contributed by atoms with Gasteiger partial charge in [0.05, 0.1) is 0 Å². The Bertz CT molecular complexity index is 710. The van der Waals surface area contributed by atoms with E-state index in [1.165, 1.54) is 5.56 Å². The van der Waals surface area contributed by atoms with Crippen LogP contribution in [0.4, 0.5) is 0 Å². The van der Waals surface area contributed by atoms with Gasteiger partial charge in [0.1, 0.15) is 17.4 Å². The largest absolute Gasteiger partial charge is 0.490 e. The summed E-state index contributed by atoms with van der Waals surface area (Å²) in [4.78, 5) is 11.8. The number of benzene rings is 1. The highest BCUT2D eigenvalue weighted by molar-refractivity contribution is 5.87. The van der Waals surface area contributed by atoms with Crippen LogP contribution in [0, 0.1) is 20.8 Å². The minimum absolute atomic E-state index is 0.198. The van der Waals surface area contributed by atoms with E-state index >= 15 is 0 Å². The van der Waals surface area contributed by atoms with Gasteiger partial charge >= 0.3 is 5.63 Å². The van der Waals surface area contributed by atoms with Crippen LogP contribution in [0.2, 0.25) is 0 Å². The lowest BCUT2D eigenvalue weighted by atomic mass is 9.99. The normalized spacial score (nSPS) is 17.9. The van der Waals surface area contributed by atoms with Crippen LogP contribution in [0.5, 0.6) is 5.75 Å². The van der Waals surface area contributed by atoms with Crippen LogP contribution in [-0.4, -0.2) is 6.10 Å². The zero-order valence-electron chi connectivity index (χ0n) is 11.1. The summed E-state index contributed by atoms with van der Waals surface area (Å²) in [7, 11) is 0. The maximum Gasteiger partial charge on any atom is 0.339 e. The fourth-order valence-electron chi connectivity index (χ4n) is 2.65. The van der Waals surface area contributed by atoms with Crippen molar-refractivity contribution in [2.24, 2.45) is 0 Å². The zero-order chi connectivity index (χ0) is 13.0. The van der Waals surface area contributed by atoms with Gasteiger partial charge in [0.2, 0.25) is 0 Å². The van der Waals surface area contributed by atoms with Crippen LogP contribution in [0.15, 0.2) is 15.3 Å². The Morgan fingerprint density at radius 1 is 1.17 bits per heavy atom. The number of fused-ring (bicyclic) bond motifs is 2. The first-order chi connectivity index (χ1) is 8.49. The highest BCUT2D eigenvalue weighted by atomic mass is 16.5. The smallest absolute Gasteiger partial charge is 0.339 e. The molecule has 1 aromatic carbocycles. The minimum Gasteiger partial charge on any atom is -0.490 e. The third-order valence-corrected chi connectivity index (χ3v) is 3.83. The summed E-state index contributed by atoms with van der Waals surface area (Å²) in [5.74, 6) is 0.890. The molecule has 0 saturated heterocycles. The first-order valence-corrected chi connectivity index (χ1v) is 6.22. The topological polar surface area (TPSA) is 39.4 Å². The molecule has 2 aromatic rings. The standard InChI is InChI=1S/C15H16O3/c1-7-5-11-6-12-8(2)9(3)15(16)18-14(12)10(4)13(11)17-7/h6-7H,5H2,1-4H3/t7-/m0/s1. The number of hydrogen-bond donors (Lipinski definition) is 0. The lowest BCUT2D eigenvalue weighted by molar-refractivity contribution is 0.253. The van der Waals surface area contributed by atoms with Crippen molar-refractivity contribution in [3.8, 4) is 5.75 Å². The van der Waals surface area contributed by atoms with Gasteiger partial charge in [0.25, 0.3) is 0 Å². The van der Waals surface area contributed by atoms with Gasteiger partial charge in [-0.1, -0.05) is 0 Å². The third kappa shape index (κ3) is 1.40. The number of aryl methyl sites for hydroxylation is 2. The lowest BCUT2D eigenvalue weighted by Crippen LogP contribution is -2.07. The summed E-state index contributed by atoms with van der Waals surface area (Å²) in [6, 6.07) is 2.10.